The fourth-order valence-corrected chi connectivity index (χ4v) is 2.22. The van der Waals surface area contributed by atoms with Gasteiger partial charge in [-0.1, -0.05) is 0 Å². The molecule has 22 heavy (non-hydrogen) atoms. The Hall–Kier alpha value is -2.42. The van der Waals surface area contributed by atoms with Crippen molar-refractivity contribution in [2.75, 3.05) is 20.1 Å². The van der Waals surface area contributed by atoms with Gasteiger partial charge >= 0.3 is 5.69 Å². The van der Waals surface area contributed by atoms with Crippen molar-refractivity contribution in [2.24, 2.45) is 14.1 Å². The fourth-order valence-electron chi connectivity index (χ4n) is 2.22. The summed E-state index contributed by atoms with van der Waals surface area (Å²) in [5.74, 6) is -0.202. The summed E-state index contributed by atoms with van der Waals surface area (Å²) in [7, 11) is 4.79. The molecule has 0 aliphatic heterocycles. The van der Waals surface area contributed by atoms with Gasteiger partial charge < -0.3 is 15.2 Å². The van der Waals surface area contributed by atoms with E-state index in [2.05, 4.69) is 15.6 Å². The fraction of sp³-hybridized carbons (Fsp3) is 0.538. The van der Waals surface area contributed by atoms with Crippen LogP contribution in [0.4, 0.5) is 0 Å². The van der Waals surface area contributed by atoms with Crippen molar-refractivity contribution in [1.82, 2.24) is 29.3 Å². The van der Waals surface area contributed by atoms with Crippen LogP contribution in [0, 0.1) is 0 Å². The second kappa shape index (κ2) is 6.56. The van der Waals surface area contributed by atoms with Gasteiger partial charge in [-0.05, 0) is 20.0 Å². The van der Waals surface area contributed by atoms with E-state index in [0.29, 0.717) is 6.54 Å². The van der Waals surface area contributed by atoms with Crippen LogP contribution in [0.2, 0.25) is 0 Å². The molecular weight excluding hydrogens is 288 g/mol. The van der Waals surface area contributed by atoms with Crippen LogP contribution in [-0.4, -0.2) is 44.7 Å². The molecule has 0 unspecified atom stereocenters. The molecule has 0 bridgehead atoms. The molecule has 0 saturated carbocycles. The van der Waals surface area contributed by atoms with Crippen LogP contribution in [-0.2, 0) is 25.4 Å². The van der Waals surface area contributed by atoms with Gasteiger partial charge in [0.1, 0.15) is 6.54 Å². The monoisotopic (exact) mass is 308 g/mol. The second-order valence-corrected chi connectivity index (χ2v) is 5.06. The molecule has 0 atom stereocenters. The molecule has 0 fully saturated rings. The molecule has 0 spiro atoms. The molecule has 2 aromatic rings. The van der Waals surface area contributed by atoms with E-state index in [1.165, 1.54) is 22.5 Å². The summed E-state index contributed by atoms with van der Waals surface area (Å²) in [6.07, 6.45) is 2.22. The summed E-state index contributed by atoms with van der Waals surface area (Å²) in [5.41, 5.74) is -0.385. The van der Waals surface area contributed by atoms with Crippen molar-refractivity contribution in [3.05, 3.63) is 27.2 Å². The Balaban J connectivity index is 2.25. The normalized spacial score (nSPS) is 11.0. The smallest absolute Gasteiger partial charge is 0.332 e. The molecule has 2 aromatic heterocycles. The lowest BCUT2D eigenvalue weighted by molar-refractivity contribution is -0.121. The number of nitrogens with zero attached hydrogens (tertiary/aromatic N) is 4. The van der Waals surface area contributed by atoms with Crippen molar-refractivity contribution < 1.29 is 4.79 Å². The first-order valence-corrected chi connectivity index (χ1v) is 6.99. The molecule has 0 aromatic carbocycles. The molecule has 0 aliphatic rings. The number of aryl methyl sites for hydroxylation is 1. The van der Waals surface area contributed by atoms with Crippen molar-refractivity contribution in [3.8, 4) is 0 Å². The molecule has 1 amide bonds. The number of fused-ring (bicyclic) bond motifs is 1. The number of hydrogen-bond donors (Lipinski definition) is 2. The minimum atomic E-state index is -0.460. The maximum atomic E-state index is 12.2. The topological polar surface area (TPSA) is 103 Å². The number of carbonyl (C=O) groups excluding carboxylic acids is 1. The number of hydrogen-bond acceptors (Lipinski definition) is 5. The van der Waals surface area contributed by atoms with Crippen LogP contribution < -0.4 is 21.9 Å². The van der Waals surface area contributed by atoms with Crippen LogP contribution in [0.5, 0.6) is 0 Å². The number of amides is 1. The lowest BCUT2D eigenvalue weighted by atomic mass is 10.4. The minimum absolute atomic E-state index is 0.0104. The van der Waals surface area contributed by atoms with Crippen LogP contribution in [0.3, 0.4) is 0 Å². The first kappa shape index (κ1) is 16.0. The highest BCUT2D eigenvalue weighted by molar-refractivity contribution is 5.78. The van der Waals surface area contributed by atoms with Gasteiger partial charge in [-0.2, -0.15) is 0 Å². The van der Waals surface area contributed by atoms with Crippen LogP contribution in [0.25, 0.3) is 11.2 Å². The van der Waals surface area contributed by atoms with Gasteiger partial charge in [0.2, 0.25) is 5.91 Å². The average Bonchev–Trinajstić information content (AvgIpc) is 2.91. The summed E-state index contributed by atoms with van der Waals surface area (Å²) < 4.78 is 3.76. The summed E-state index contributed by atoms with van der Waals surface area (Å²) in [5, 5.41) is 5.77. The Morgan fingerprint density at radius 2 is 1.95 bits per heavy atom. The second-order valence-electron chi connectivity index (χ2n) is 5.06. The van der Waals surface area contributed by atoms with Crippen molar-refractivity contribution in [1.29, 1.82) is 0 Å². The summed E-state index contributed by atoms with van der Waals surface area (Å²) >= 11 is 0. The van der Waals surface area contributed by atoms with Gasteiger partial charge in [0.05, 0.1) is 6.33 Å². The summed E-state index contributed by atoms with van der Waals surface area (Å²) in [4.78, 5) is 40.0. The van der Waals surface area contributed by atoms with E-state index >= 15 is 0 Å². The number of imidazole rings is 1. The van der Waals surface area contributed by atoms with E-state index in [1.807, 2.05) is 7.05 Å². The Morgan fingerprint density at radius 3 is 2.64 bits per heavy atom. The highest BCUT2D eigenvalue weighted by atomic mass is 16.2. The molecule has 0 saturated heterocycles. The van der Waals surface area contributed by atoms with E-state index in [0.717, 1.165) is 17.5 Å². The Kier molecular flexibility index (Phi) is 4.76. The zero-order valence-corrected chi connectivity index (χ0v) is 12.9. The predicted molar refractivity (Wildman–Crippen MR) is 81.8 cm³/mol. The number of nitrogens with one attached hydrogen (secondary N) is 2. The van der Waals surface area contributed by atoms with E-state index in [4.69, 9.17) is 0 Å². The van der Waals surface area contributed by atoms with E-state index in [1.54, 1.807) is 7.05 Å². The van der Waals surface area contributed by atoms with E-state index in [9.17, 15) is 14.4 Å². The average molecular weight is 308 g/mol. The number of rotatable bonds is 6. The first-order chi connectivity index (χ1) is 10.5. The summed E-state index contributed by atoms with van der Waals surface area (Å²) in [6, 6.07) is 0. The van der Waals surface area contributed by atoms with Gasteiger partial charge in [-0.25, -0.2) is 9.78 Å². The van der Waals surface area contributed by atoms with Crippen LogP contribution in [0.1, 0.15) is 6.42 Å². The van der Waals surface area contributed by atoms with Gasteiger partial charge in [-0.3, -0.25) is 18.7 Å². The molecular formula is C13H20N6O3. The Labute approximate surface area is 126 Å². The van der Waals surface area contributed by atoms with Gasteiger partial charge in [0.15, 0.2) is 11.2 Å². The number of carbonyl (C=O) groups is 1. The van der Waals surface area contributed by atoms with Crippen LogP contribution >= 0.6 is 0 Å². The summed E-state index contributed by atoms with van der Waals surface area (Å²) in [6.45, 7) is 1.36. The molecule has 2 N–H and O–H groups in total. The predicted octanol–water partition coefficient (Wildman–Crippen LogP) is -1.84. The molecule has 0 aliphatic carbocycles. The molecule has 9 heteroatoms. The SMILES string of the molecule is CNCCCNC(=O)Cn1cnc2c1c(=O)n(C)c(=O)n2C. The van der Waals surface area contributed by atoms with E-state index < -0.39 is 11.2 Å². The van der Waals surface area contributed by atoms with Gasteiger partial charge in [0.25, 0.3) is 5.56 Å². The Morgan fingerprint density at radius 1 is 1.23 bits per heavy atom. The maximum absolute atomic E-state index is 12.2. The highest BCUT2D eigenvalue weighted by Crippen LogP contribution is 2.04. The molecule has 9 nitrogen and oxygen atoms in total. The minimum Gasteiger partial charge on any atom is -0.355 e. The molecule has 120 valence electrons. The first-order valence-electron chi connectivity index (χ1n) is 6.99. The van der Waals surface area contributed by atoms with Gasteiger partial charge in [-0.15, -0.1) is 0 Å². The van der Waals surface area contributed by atoms with Crippen molar-refractivity contribution in [2.45, 2.75) is 13.0 Å². The third kappa shape index (κ3) is 2.93. The molecule has 2 heterocycles. The lowest BCUT2D eigenvalue weighted by Gasteiger charge is -2.07. The maximum Gasteiger partial charge on any atom is 0.332 e. The third-order valence-electron chi connectivity index (χ3n) is 3.46. The zero-order valence-electron chi connectivity index (χ0n) is 12.9. The lowest BCUT2D eigenvalue weighted by Crippen LogP contribution is -2.38. The number of aromatic nitrogens is 4. The largest absolute Gasteiger partial charge is 0.355 e. The molecule has 2 rings (SSSR count). The van der Waals surface area contributed by atoms with Crippen molar-refractivity contribution in [3.63, 3.8) is 0 Å². The van der Waals surface area contributed by atoms with Gasteiger partial charge in [0, 0.05) is 20.6 Å². The standard InChI is InChI=1S/C13H20N6O3/c1-14-5-4-6-15-9(20)7-19-8-16-11-10(19)12(21)18(3)13(22)17(11)2/h8,14H,4-7H2,1-3H3,(H,15,20). The Bertz CT molecular complexity index is 800. The molecule has 0 radical (unpaired) electrons. The van der Waals surface area contributed by atoms with Crippen LogP contribution in [0.15, 0.2) is 15.9 Å². The zero-order chi connectivity index (χ0) is 16.3. The van der Waals surface area contributed by atoms with E-state index in [-0.39, 0.29) is 23.6 Å². The van der Waals surface area contributed by atoms with Crippen molar-refractivity contribution >= 4 is 17.1 Å². The highest BCUT2D eigenvalue weighted by Gasteiger charge is 2.15. The quantitative estimate of drug-likeness (QED) is 0.610. The third-order valence-corrected chi connectivity index (χ3v) is 3.46.